The Bertz CT molecular complexity index is 802. The van der Waals surface area contributed by atoms with Crippen molar-refractivity contribution in [3.63, 3.8) is 0 Å². The molecule has 2 aromatic carbocycles. The van der Waals surface area contributed by atoms with Gasteiger partial charge in [0.1, 0.15) is 5.60 Å². The molecule has 2 aromatic rings. The van der Waals surface area contributed by atoms with Crippen LogP contribution in [0.25, 0.3) is 0 Å². The van der Waals surface area contributed by atoms with Gasteiger partial charge in [0.2, 0.25) is 5.90 Å². The molecule has 0 saturated carbocycles. The van der Waals surface area contributed by atoms with Crippen LogP contribution in [0.3, 0.4) is 0 Å². The molecule has 0 atom stereocenters. The quantitative estimate of drug-likeness (QED) is 0.618. The number of hydrogen-bond donors (Lipinski definition) is 0. The van der Waals surface area contributed by atoms with Crippen LogP contribution < -0.4 is 0 Å². The summed E-state index contributed by atoms with van der Waals surface area (Å²) in [6.45, 7) is 7.51. The fourth-order valence-corrected chi connectivity index (χ4v) is 3.06. The van der Waals surface area contributed by atoms with Gasteiger partial charge in [-0.25, -0.2) is 0 Å². The smallest absolute Gasteiger partial charge is 0.285 e. The summed E-state index contributed by atoms with van der Waals surface area (Å²) in [5.41, 5.74) is 1.41. The molecule has 4 nitrogen and oxygen atoms in total. The molecule has 0 N–H and O–H groups in total. The van der Waals surface area contributed by atoms with Crippen molar-refractivity contribution in [1.82, 2.24) is 0 Å². The molecule has 0 aromatic heterocycles. The number of benzene rings is 2. The molecule has 0 saturated heterocycles. The molecule has 0 radical (unpaired) electrons. The van der Waals surface area contributed by atoms with Crippen molar-refractivity contribution >= 4 is 15.9 Å². The van der Waals surface area contributed by atoms with Crippen LogP contribution in [0.2, 0.25) is 0 Å². The van der Waals surface area contributed by atoms with E-state index in [1.54, 1.807) is 24.3 Å². The summed E-state index contributed by atoms with van der Waals surface area (Å²) in [7, 11) is -3.81. The lowest BCUT2D eigenvalue weighted by Crippen LogP contribution is -2.26. The number of nitrogens with zero attached hydrogens (tertiary/aromatic N) is 1. The molecule has 0 heterocycles. The standard InChI is InChI=1S/C19H23NO3S/c1-15-10-12-17(13-11-15)24(21,22)20-18(23-19(2,3)4)14-16-8-6-5-7-9-16/h5-13H,14H2,1-4H3/b20-18+. The van der Waals surface area contributed by atoms with Gasteiger partial charge in [-0.2, -0.15) is 8.42 Å². The second-order valence-corrected chi connectivity index (χ2v) is 8.25. The van der Waals surface area contributed by atoms with E-state index in [1.807, 2.05) is 58.0 Å². The average molecular weight is 345 g/mol. The van der Waals surface area contributed by atoms with Crippen molar-refractivity contribution in [2.24, 2.45) is 4.40 Å². The summed E-state index contributed by atoms with van der Waals surface area (Å²) < 4.78 is 34.9. The molecule has 24 heavy (non-hydrogen) atoms. The summed E-state index contributed by atoms with van der Waals surface area (Å²) in [6, 6.07) is 16.2. The largest absolute Gasteiger partial charge is 0.474 e. The monoisotopic (exact) mass is 345 g/mol. The Hall–Kier alpha value is -2.14. The lowest BCUT2D eigenvalue weighted by atomic mass is 10.1. The second kappa shape index (κ2) is 7.18. The van der Waals surface area contributed by atoms with Gasteiger partial charge >= 0.3 is 0 Å². The molecular formula is C19H23NO3S. The van der Waals surface area contributed by atoms with Crippen LogP contribution in [0.5, 0.6) is 0 Å². The maximum Gasteiger partial charge on any atom is 0.285 e. The maximum atomic E-state index is 12.6. The van der Waals surface area contributed by atoms with E-state index in [0.29, 0.717) is 6.42 Å². The van der Waals surface area contributed by atoms with E-state index in [2.05, 4.69) is 4.40 Å². The van der Waals surface area contributed by atoms with E-state index < -0.39 is 15.6 Å². The molecule has 5 heteroatoms. The highest BCUT2D eigenvalue weighted by atomic mass is 32.2. The third-order valence-corrected chi connectivity index (χ3v) is 4.47. The van der Waals surface area contributed by atoms with Gasteiger partial charge in [-0.3, -0.25) is 0 Å². The van der Waals surface area contributed by atoms with Gasteiger partial charge in [-0.05, 0) is 45.4 Å². The Kier molecular flexibility index (Phi) is 5.44. The van der Waals surface area contributed by atoms with Gasteiger partial charge in [-0.15, -0.1) is 4.40 Å². The lowest BCUT2D eigenvalue weighted by Gasteiger charge is -2.22. The molecule has 0 amide bonds. The molecule has 0 aliphatic carbocycles. The molecule has 0 aliphatic rings. The molecule has 0 unspecified atom stereocenters. The summed E-state index contributed by atoms with van der Waals surface area (Å²) in [5, 5.41) is 0. The summed E-state index contributed by atoms with van der Waals surface area (Å²) in [4.78, 5) is 0.163. The number of aryl methyl sites for hydroxylation is 1. The molecule has 0 spiro atoms. The highest BCUT2D eigenvalue weighted by Gasteiger charge is 2.20. The van der Waals surface area contributed by atoms with E-state index in [-0.39, 0.29) is 10.8 Å². The van der Waals surface area contributed by atoms with Gasteiger partial charge in [0.25, 0.3) is 10.0 Å². The molecule has 2 rings (SSSR count). The van der Waals surface area contributed by atoms with Crippen molar-refractivity contribution in [2.75, 3.05) is 0 Å². The van der Waals surface area contributed by atoms with Crippen LogP contribution in [0.4, 0.5) is 0 Å². The molecule has 128 valence electrons. The molecule has 0 bridgehead atoms. The van der Waals surface area contributed by atoms with Crippen molar-refractivity contribution < 1.29 is 13.2 Å². The summed E-state index contributed by atoms with van der Waals surface area (Å²) in [5.74, 6) is 0.189. The molecular weight excluding hydrogens is 322 g/mol. The zero-order valence-electron chi connectivity index (χ0n) is 14.5. The fourth-order valence-electron chi connectivity index (χ4n) is 2.11. The van der Waals surface area contributed by atoms with E-state index >= 15 is 0 Å². The third kappa shape index (κ3) is 5.49. The number of ether oxygens (including phenoxy) is 1. The zero-order valence-corrected chi connectivity index (χ0v) is 15.3. The Labute approximate surface area is 144 Å². The summed E-state index contributed by atoms with van der Waals surface area (Å²) in [6.07, 6.45) is 0.323. The first-order valence-electron chi connectivity index (χ1n) is 7.79. The zero-order chi connectivity index (χ0) is 17.8. The SMILES string of the molecule is Cc1ccc(S(=O)(=O)/N=C(\Cc2ccccc2)OC(C)(C)C)cc1. The van der Waals surface area contributed by atoms with Crippen molar-refractivity contribution in [2.45, 2.75) is 44.6 Å². The van der Waals surface area contributed by atoms with Crippen LogP contribution in [0.1, 0.15) is 31.9 Å². The van der Waals surface area contributed by atoms with E-state index in [4.69, 9.17) is 4.74 Å². The fraction of sp³-hybridized carbons (Fsp3) is 0.316. The van der Waals surface area contributed by atoms with Gasteiger partial charge in [0.15, 0.2) is 0 Å². The minimum absolute atomic E-state index is 0.163. The van der Waals surface area contributed by atoms with Crippen LogP contribution in [0.15, 0.2) is 63.9 Å². The Morgan fingerprint density at radius 3 is 2.12 bits per heavy atom. The highest BCUT2D eigenvalue weighted by molar-refractivity contribution is 7.90. The number of rotatable bonds is 4. The second-order valence-electron chi connectivity index (χ2n) is 6.65. The van der Waals surface area contributed by atoms with Crippen LogP contribution in [-0.2, 0) is 21.2 Å². The Morgan fingerprint density at radius 1 is 1.00 bits per heavy atom. The number of sulfonamides is 1. The first kappa shape index (κ1) is 18.2. The van der Waals surface area contributed by atoms with E-state index in [0.717, 1.165) is 11.1 Å². The van der Waals surface area contributed by atoms with Crippen molar-refractivity contribution in [3.05, 3.63) is 65.7 Å². The first-order valence-corrected chi connectivity index (χ1v) is 9.23. The molecule has 0 aliphatic heterocycles. The predicted octanol–water partition coefficient (Wildman–Crippen LogP) is 4.14. The number of hydrogen-bond acceptors (Lipinski definition) is 3. The van der Waals surface area contributed by atoms with E-state index in [9.17, 15) is 8.42 Å². The average Bonchev–Trinajstić information content (AvgIpc) is 2.46. The highest BCUT2D eigenvalue weighted by Crippen LogP contribution is 2.17. The van der Waals surface area contributed by atoms with Gasteiger partial charge in [-0.1, -0.05) is 48.0 Å². The third-order valence-electron chi connectivity index (χ3n) is 3.16. The Morgan fingerprint density at radius 2 is 1.58 bits per heavy atom. The van der Waals surface area contributed by atoms with Crippen molar-refractivity contribution in [1.29, 1.82) is 0 Å². The topological polar surface area (TPSA) is 55.7 Å². The van der Waals surface area contributed by atoms with Crippen LogP contribution in [-0.4, -0.2) is 19.9 Å². The Balaban J connectivity index is 2.37. The van der Waals surface area contributed by atoms with Gasteiger partial charge in [0, 0.05) is 6.42 Å². The van der Waals surface area contributed by atoms with Crippen LogP contribution >= 0.6 is 0 Å². The van der Waals surface area contributed by atoms with Crippen LogP contribution in [0, 0.1) is 6.92 Å². The van der Waals surface area contributed by atoms with Crippen molar-refractivity contribution in [3.8, 4) is 0 Å². The summed E-state index contributed by atoms with van der Waals surface area (Å²) >= 11 is 0. The maximum absolute atomic E-state index is 12.6. The molecule has 0 fully saturated rings. The predicted molar refractivity (Wildman–Crippen MR) is 96.8 cm³/mol. The first-order chi connectivity index (χ1) is 11.2. The minimum Gasteiger partial charge on any atom is -0.474 e. The van der Waals surface area contributed by atoms with E-state index in [1.165, 1.54) is 0 Å². The minimum atomic E-state index is -3.81. The lowest BCUT2D eigenvalue weighted by molar-refractivity contribution is 0.114. The van der Waals surface area contributed by atoms with Gasteiger partial charge in [0.05, 0.1) is 4.90 Å². The normalized spacial score (nSPS) is 12.9. The van der Waals surface area contributed by atoms with Gasteiger partial charge < -0.3 is 4.74 Å².